The molecule has 106 valence electrons. The smallest absolute Gasteiger partial charge is 0.252 e. The molecule has 0 bridgehead atoms. The molecule has 1 aromatic carbocycles. The topological polar surface area (TPSA) is 54.5 Å². The van der Waals surface area contributed by atoms with Crippen LogP contribution in [0, 0.1) is 0 Å². The van der Waals surface area contributed by atoms with E-state index in [2.05, 4.69) is 15.2 Å². The molecule has 1 aliphatic rings. The Balaban J connectivity index is 1.57. The second-order valence-electron chi connectivity index (χ2n) is 4.72. The van der Waals surface area contributed by atoms with Crippen LogP contribution >= 0.6 is 11.3 Å². The van der Waals surface area contributed by atoms with Crippen molar-refractivity contribution in [3.8, 4) is 0 Å². The van der Waals surface area contributed by atoms with Gasteiger partial charge in [-0.05, 0) is 12.1 Å². The van der Waals surface area contributed by atoms with Crippen molar-refractivity contribution in [2.45, 2.75) is 0 Å². The van der Waals surface area contributed by atoms with Crippen LogP contribution in [0.25, 0.3) is 10.2 Å². The van der Waals surface area contributed by atoms with Crippen LogP contribution in [0.15, 0.2) is 23.7 Å². The summed E-state index contributed by atoms with van der Waals surface area (Å²) in [7, 11) is 0. The molecule has 6 heteroatoms. The highest BCUT2D eigenvalue weighted by molar-refractivity contribution is 7.17. The number of thiazole rings is 1. The van der Waals surface area contributed by atoms with Crippen LogP contribution in [0.2, 0.25) is 0 Å². The van der Waals surface area contributed by atoms with E-state index in [0.29, 0.717) is 12.1 Å². The summed E-state index contributed by atoms with van der Waals surface area (Å²) in [5.74, 6) is -0.0203. The third-order valence-corrected chi connectivity index (χ3v) is 4.29. The van der Waals surface area contributed by atoms with E-state index in [4.69, 9.17) is 4.74 Å². The zero-order valence-corrected chi connectivity index (χ0v) is 12.0. The third-order valence-electron chi connectivity index (χ3n) is 3.42. The first-order chi connectivity index (χ1) is 9.84. The van der Waals surface area contributed by atoms with E-state index in [1.54, 1.807) is 5.51 Å². The molecule has 0 spiro atoms. The van der Waals surface area contributed by atoms with Gasteiger partial charge in [-0.15, -0.1) is 11.3 Å². The largest absolute Gasteiger partial charge is 0.379 e. The Morgan fingerprint density at radius 3 is 3.10 bits per heavy atom. The fourth-order valence-corrected chi connectivity index (χ4v) is 3.11. The quantitative estimate of drug-likeness (QED) is 0.924. The van der Waals surface area contributed by atoms with Gasteiger partial charge in [-0.2, -0.15) is 0 Å². The van der Waals surface area contributed by atoms with Crippen molar-refractivity contribution in [3.63, 3.8) is 0 Å². The second kappa shape index (κ2) is 6.30. The molecule has 2 aromatic rings. The Morgan fingerprint density at radius 1 is 1.40 bits per heavy atom. The predicted molar refractivity (Wildman–Crippen MR) is 79.2 cm³/mol. The maximum Gasteiger partial charge on any atom is 0.252 e. The molecule has 1 amide bonds. The fraction of sp³-hybridized carbons (Fsp3) is 0.429. The van der Waals surface area contributed by atoms with Gasteiger partial charge in [0.05, 0.1) is 34.5 Å². The summed E-state index contributed by atoms with van der Waals surface area (Å²) in [5.41, 5.74) is 3.37. The lowest BCUT2D eigenvalue weighted by Crippen LogP contribution is -2.41. The van der Waals surface area contributed by atoms with Crippen molar-refractivity contribution >= 4 is 27.5 Å². The molecule has 0 atom stereocenters. The molecule has 1 N–H and O–H groups in total. The average molecular weight is 291 g/mol. The van der Waals surface area contributed by atoms with Crippen molar-refractivity contribution in [2.75, 3.05) is 39.4 Å². The van der Waals surface area contributed by atoms with Gasteiger partial charge in [-0.25, -0.2) is 4.98 Å². The first-order valence-corrected chi connectivity index (χ1v) is 7.63. The number of rotatable bonds is 4. The second-order valence-corrected chi connectivity index (χ2v) is 5.57. The van der Waals surface area contributed by atoms with Crippen molar-refractivity contribution in [3.05, 3.63) is 29.3 Å². The summed E-state index contributed by atoms with van der Waals surface area (Å²) < 4.78 is 6.26. The summed E-state index contributed by atoms with van der Waals surface area (Å²) in [5, 5.41) is 2.99. The minimum atomic E-state index is -0.0203. The van der Waals surface area contributed by atoms with E-state index in [1.165, 1.54) is 11.3 Å². The van der Waals surface area contributed by atoms with Crippen LogP contribution in [0.1, 0.15) is 10.4 Å². The van der Waals surface area contributed by atoms with Crippen molar-refractivity contribution < 1.29 is 9.53 Å². The van der Waals surface area contributed by atoms with Gasteiger partial charge in [0, 0.05) is 26.2 Å². The minimum absolute atomic E-state index is 0.0203. The molecule has 0 unspecified atom stereocenters. The number of amides is 1. The Bertz CT molecular complexity index is 593. The highest BCUT2D eigenvalue weighted by Gasteiger charge is 2.13. The Labute approximate surface area is 121 Å². The molecule has 1 fully saturated rings. The number of hydrogen-bond acceptors (Lipinski definition) is 5. The number of aromatic nitrogens is 1. The van der Waals surface area contributed by atoms with Gasteiger partial charge in [0.1, 0.15) is 0 Å². The Hall–Kier alpha value is -1.50. The standard InChI is InChI=1S/C14H17N3O2S/c18-14(15-4-5-17-6-8-19-9-7-17)11-2-1-3-12-13(11)20-10-16-12/h1-3,10H,4-9H2,(H,15,18). The van der Waals surface area contributed by atoms with Gasteiger partial charge in [0.2, 0.25) is 0 Å². The lowest BCUT2D eigenvalue weighted by atomic mass is 10.2. The number of carbonyl (C=O) groups is 1. The van der Waals surface area contributed by atoms with Gasteiger partial charge in [0.15, 0.2) is 0 Å². The van der Waals surface area contributed by atoms with Crippen LogP contribution in [0.3, 0.4) is 0 Å². The van der Waals surface area contributed by atoms with Crippen LogP contribution in [-0.2, 0) is 4.74 Å². The maximum atomic E-state index is 12.2. The van der Waals surface area contributed by atoms with Gasteiger partial charge < -0.3 is 10.1 Å². The highest BCUT2D eigenvalue weighted by Crippen LogP contribution is 2.21. The van der Waals surface area contributed by atoms with Crippen LogP contribution in [0.5, 0.6) is 0 Å². The normalized spacial score (nSPS) is 16.4. The zero-order valence-electron chi connectivity index (χ0n) is 11.2. The molecule has 0 saturated carbocycles. The molecule has 1 saturated heterocycles. The Morgan fingerprint density at radius 2 is 2.25 bits per heavy atom. The summed E-state index contributed by atoms with van der Waals surface area (Å²) in [6, 6.07) is 5.65. The van der Waals surface area contributed by atoms with Crippen molar-refractivity contribution in [2.24, 2.45) is 0 Å². The molecule has 3 rings (SSSR count). The van der Waals surface area contributed by atoms with Crippen LogP contribution in [-0.4, -0.2) is 55.2 Å². The van der Waals surface area contributed by atoms with Crippen LogP contribution < -0.4 is 5.32 Å². The molecule has 1 aromatic heterocycles. The highest BCUT2D eigenvalue weighted by atomic mass is 32.1. The first kappa shape index (κ1) is 13.5. The first-order valence-electron chi connectivity index (χ1n) is 6.75. The summed E-state index contributed by atoms with van der Waals surface area (Å²) >= 11 is 1.50. The molecular weight excluding hydrogens is 274 g/mol. The minimum Gasteiger partial charge on any atom is -0.379 e. The number of nitrogens with zero attached hydrogens (tertiary/aromatic N) is 2. The number of benzene rings is 1. The number of hydrogen-bond donors (Lipinski definition) is 1. The molecule has 5 nitrogen and oxygen atoms in total. The number of nitrogens with one attached hydrogen (secondary N) is 1. The molecule has 0 aliphatic carbocycles. The van der Waals surface area contributed by atoms with E-state index in [0.717, 1.165) is 43.1 Å². The van der Waals surface area contributed by atoms with E-state index in [-0.39, 0.29) is 5.91 Å². The van der Waals surface area contributed by atoms with Gasteiger partial charge >= 0.3 is 0 Å². The third kappa shape index (κ3) is 2.98. The lowest BCUT2D eigenvalue weighted by Gasteiger charge is -2.26. The van der Waals surface area contributed by atoms with Gasteiger partial charge in [-0.1, -0.05) is 6.07 Å². The van der Waals surface area contributed by atoms with Crippen molar-refractivity contribution in [1.82, 2.24) is 15.2 Å². The summed E-state index contributed by atoms with van der Waals surface area (Å²) in [4.78, 5) is 18.8. The molecular formula is C14H17N3O2S. The van der Waals surface area contributed by atoms with E-state index in [1.807, 2.05) is 18.2 Å². The fourth-order valence-electron chi connectivity index (χ4n) is 2.31. The monoisotopic (exact) mass is 291 g/mol. The molecule has 20 heavy (non-hydrogen) atoms. The lowest BCUT2D eigenvalue weighted by molar-refractivity contribution is 0.0383. The number of carbonyl (C=O) groups excluding carboxylic acids is 1. The van der Waals surface area contributed by atoms with Crippen LogP contribution in [0.4, 0.5) is 0 Å². The number of fused-ring (bicyclic) bond motifs is 1. The maximum absolute atomic E-state index is 12.2. The van der Waals surface area contributed by atoms with Gasteiger partial charge in [-0.3, -0.25) is 9.69 Å². The average Bonchev–Trinajstić information content (AvgIpc) is 2.96. The zero-order chi connectivity index (χ0) is 13.8. The van der Waals surface area contributed by atoms with Gasteiger partial charge in [0.25, 0.3) is 5.91 Å². The molecule has 1 aliphatic heterocycles. The molecule has 2 heterocycles. The van der Waals surface area contributed by atoms with E-state index >= 15 is 0 Å². The summed E-state index contributed by atoms with van der Waals surface area (Å²) in [6.07, 6.45) is 0. The number of morpholine rings is 1. The van der Waals surface area contributed by atoms with Crippen molar-refractivity contribution in [1.29, 1.82) is 0 Å². The molecule has 0 radical (unpaired) electrons. The Kier molecular flexibility index (Phi) is 4.25. The predicted octanol–water partition coefficient (Wildman–Crippen LogP) is 1.36. The van der Waals surface area contributed by atoms with E-state index < -0.39 is 0 Å². The van der Waals surface area contributed by atoms with E-state index in [9.17, 15) is 4.79 Å². The number of ether oxygens (including phenoxy) is 1. The SMILES string of the molecule is O=C(NCCN1CCOCC1)c1cccc2ncsc12. The summed E-state index contributed by atoms with van der Waals surface area (Å²) in [6.45, 7) is 4.99.